The third kappa shape index (κ3) is 5.50. The van der Waals surface area contributed by atoms with Gasteiger partial charge in [0.05, 0.1) is 37.6 Å². The highest BCUT2D eigenvalue weighted by Gasteiger charge is 2.21. The molecule has 0 atom stereocenters. The summed E-state index contributed by atoms with van der Waals surface area (Å²) in [4.78, 5) is 35.5. The molecule has 2 aromatic carbocycles. The Balaban J connectivity index is 1.41. The van der Waals surface area contributed by atoms with Crippen LogP contribution >= 0.6 is 0 Å². The van der Waals surface area contributed by atoms with Crippen LogP contribution in [0.1, 0.15) is 23.0 Å². The van der Waals surface area contributed by atoms with Crippen molar-refractivity contribution >= 4 is 22.6 Å². The number of aliphatic hydroxyl groups is 1. The van der Waals surface area contributed by atoms with Gasteiger partial charge in [0.2, 0.25) is 5.43 Å². The molecule has 10 nitrogen and oxygen atoms in total. The van der Waals surface area contributed by atoms with Gasteiger partial charge in [-0.2, -0.15) is 0 Å². The fourth-order valence-electron chi connectivity index (χ4n) is 4.55. The molecule has 3 aromatic heterocycles. The molecule has 0 fully saturated rings. The van der Waals surface area contributed by atoms with Crippen LogP contribution in [0.5, 0.6) is 23.1 Å². The van der Waals surface area contributed by atoms with E-state index in [1.165, 1.54) is 44.7 Å². The number of nitrogens with one attached hydrogen (secondary N) is 1. The Bertz CT molecular complexity index is 1820. The molecular weight excluding hydrogens is 543 g/mol. The fraction of sp³-hybridized carbons (Fsp3) is 0.161. The predicted molar refractivity (Wildman–Crippen MR) is 155 cm³/mol. The summed E-state index contributed by atoms with van der Waals surface area (Å²) in [5, 5.41) is 12.8. The first-order valence-electron chi connectivity index (χ1n) is 13.0. The Labute approximate surface area is 240 Å². The number of benzene rings is 2. The number of hydrogen-bond donors (Lipinski definition) is 2. The van der Waals surface area contributed by atoms with Crippen molar-refractivity contribution in [3.8, 4) is 34.3 Å². The second-order valence-electron chi connectivity index (χ2n) is 9.10. The van der Waals surface area contributed by atoms with Crippen molar-refractivity contribution in [1.29, 1.82) is 0 Å². The average Bonchev–Trinajstić information content (AvgIpc) is 3.01. The average molecular weight is 571 g/mol. The highest BCUT2D eigenvalue weighted by molar-refractivity contribution is 6.04. The lowest BCUT2D eigenvalue weighted by atomic mass is 10.0. The molecule has 0 spiro atoms. The Morgan fingerprint density at radius 3 is 2.40 bits per heavy atom. The number of halogens is 1. The minimum Gasteiger partial charge on any atom is -0.491 e. The Hall–Kier alpha value is -5.29. The molecule has 0 radical (unpaired) electrons. The van der Waals surface area contributed by atoms with Crippen molar-refractivity contribution in [1.82, 2.24) is 14.5 Å². The zero-order chi connectivity index (χ0) is 29.8. The van der Waals surface area contributed by atoms with Crippen LogP contribution < -0.4 is 25.0 Å². The van der Waals surface area contributed by atoms with E-state index in [0.717, 1.165) is 0 Å². The van der Waals surface area contributed by atoms with Crippen LogP contribution in [0.15, 0.2) is 77.9 Å². The molecule has 0 unspecified atom stereocenters. The van der Waals surface area contributed by atoms with Gasteiger partial charge in [-0.15, -0.1) is 0 Å². The van der Waals surface area contributed by atoms with Crippen molar-refractivity contribution in [3.63, 3.8) is 0 Å². The largest absolute Gasteiger partial charge is 0.491 e. The first-order chi connectivity index (χ1) is 20.4. The Morgan fingerprint density at radius 2 is 1.76 bits per heavy atom. The fourth-order valence-corrected chi connectivity index (χ4v) is 4.55. The number of methoxy groups -OCH3 is 2. The van der Waals surface area contributed by atoms with Crippen LogP contribution in [0.2, 0.25) is 0 Å². The van der Waals surface area contributed by atoms with Gasteiger partial charge in [0.25, 0.3) is 11.8 Å². The van der Waals surface area contributed by atoms with E-state index < -0.39 is 23.8 Å². The monoisotopic (exact) mass is 570 g/mol. The lowest BCUT2D eigenvalue weighted by molar-refractivity contribution is 0.102. The molecule has 5 aromatic rings. The maximum Gasteiger partial charge on any atom is 0.261 e. The molecule has 5 rings (SSSR count). The van der Waals surface area contributed by atoms with E-state index in [1.54, 1.807) is 47.2 Å². The van der Waals surface area contributed by atoms with Gasteiger partial charge in [-0.3, -0.25) is 14.6 Å². The second-order valence-corrected chi connectivity index (χ2v) is 9.10. The van der Waals surface area contributed by atoms with Crippen molar-refractivity contribution < 1.29 is 28.5 Å². The summed E-state index contributed by atoms with van der Waals surface area (Å²) in [6.45, 7) is 1.79. The normalized spacial score (nSPS) is 10.9. The number of carbonyl (C=O) groups excluding carboxylic acids is 1. The van der Waals surface area contributed by atoms with Crippen molar-refractivity contribution in [3.05, 3.63) is 100 Å². The van der Waals surface area contributed by atoms with Gasteiger partial charge in [-0.25, -0.2) is 9.37 Å². The molecule has 0 aliphatic heterocycles. The first-order valence-corrected chi connectivity index (χ1v) is 13.0. The molecule has 2 N–H and O–H groups in total. The standard InChI is InChI=1S/C31H27FN4O6/c1-4-36-16-22(29(38)27(24(36)17-37)18-5-7-19(32)8-6-18)30(39)34-20-9-11-21(12-10-20)42-25-13-14-33-23-15-26(40-2)31(41-3)35-28(23)25/h5-16,37H,4,17H2,1-3H3,(H,34,39). The summed E-state index contributed by atoms with van der Waals surface area (Å²) in [6, 6.07) is 15.3. The number of pyridine rings is 3. The number of fused-ring (bicyclic) bond motifs is 1. The number of nitrogens with zero attached hydrogens (tertiary/aromatic N) is 3. The van der Waals surface area contributed by atoms with Crippen LogP contribution in [0.3, 0.4) is 0 Å². The van der Waals surface area contributed by atoms with Crippen LogP contribution in [0.4, 0.5) is 10.1 Å². The zero-order valence-corrected chi connectivity index (χ0v) is 23.1. The van der Waals surface area contributed by atoms with Gasteiger partial charge in [0, 0.05) is 36.8 Å². The third-order valence-electron chi connectivity index (χ3n) is 6.62. The molecule has 42 heavy (non-hydrogen) atoms. The number of hydrogen-bond acceptors (Lipinski definition) is 8. The molecule has 0 bridgehead atoms. The molecular formula is C31H27FN4O6. The van der Waals surface area contributed by atoms with E-state index in [-0.39, 0.29) is 17.0 Å². The number of amides is 1. The molecule has 0 aliphatic rings. The predicted octanol–water partition coefficient (Wildman–Crippen LogP) is 5.17. The maximum absolute atomic E-state index is 13.5. The number of carbonyl (C=O) groups is 1. The topological polar surface area (TPSA) is 125 Å². The highest BCUT2D eigenvalue weighted by Crippen LogP contribution is 2.34. The summed E-state index contributed by atoms with van der Waals surface area (Å²) < 4.78 is 31.8. The summed E-state index contributed by atoms with van der Waals surface area (Å²) >= 11 is 0. The van der Waals surface area contributed by atoms with Gasteiger partial charge in [0.1, 0.15) is 22.6 Å². The lowest BCUT2D eigenvalue weighted by Crippen LogP contribution is -2.27. The van der Waals surface area contributed by atoms with E-state index in [4.69, 9.17) is 14.2 Å². The van der Waals surface area contributed by atoms with Gasteiger partial charge in [0.15, 0.2) is 11.5 Å². The number of aromatic nitrogens is 3. The second kappa shape index (κ2) is 12.1. The molecule has 0 saturated carbocycles. The Kier molecular flexibility index (Phi) is 8.12. The summed E-state index contributed by atoms with van der Waals surface area (Å²) in [5.41, 5.74) is 1.64. The van der Waals surface area contributed by atoms with Crippen molar-refractivity contribution in [2.24, 2.45) is 0 Å². The van der Waals surface area contributed by atoms with Gasteiger partial charge < -0.3 is 29.2 Å². The highest BCUT2D eigenvalue weighted by atomic mass is 19.1. The molecule has 3 heterocycles. The van der Waals surface area contributed by atoms with E-state index in [9.17, 15) is 19.1 Å². The molecule has 11 heteroatoms. The third-order valence-corrected chi connectivity index (χ3v) is 6.62. The summed E-state index contributed by atoms with van der Waals surface area (Å²) in [7, 11) is 3.00. The lowest BCUT2D eigenvalue weighted by Gasteiger charge is -2.17. The van der Waals surface area contributed by atoms with E-state index in [1.807, 2.05) is 6.92 Å². The Morgan fingerprint density at radius 1 is 1.02 bits per heavy atom. The quantitative estimate of drug-likeness (QED) is 0.249. The first kappa shape index (κ1) is 28.2. The van der Waals surface area contributed by atoms with Crippen LogP contribution in [0, 0.1) is 5.82 Å². The SMILES string of the molecule is CCn1cc(C(=O)Nc2ccc(Oc3ccnc4cc(OC)c(OC)nc34)cc2)c(=O)c(-c2ccc(F)cc2)c1CO. The van der Waals surface area contributed by atoms with Gasteiger partial charge in [-0.05, 0) is 48.9 Å². The van der Waals surface area contributed by atoms with Crippen LogP contribution in [-0.4, -0.2) is 39.8 Å². The van der Waals surface area contributed by atoms with Crippen LogP contribution in [0.25, 0.3) is 22.2 Å². The molecule has 0 saturated heterocycles. The number of ether oxygens (including phenoxy) is 3. The minimum atomic E-state index is -0.630. The summed E-state index contributed by atoms with van der Waals surface area (Å²) in [5.74, 6) is 0.546. The molecule has 1 amide bonds. The van der Waals surface area contributed by atoms with Crippen molar-refractivity contribution in [2.45, 2.75) is 20.1 Å². The van der Waals surface area contributed by atoms with Crippen LogP contribution in [-0.2, 0) is 13.2 Å². The number of rotatable bonds is 9. The summed E-state index contributed by atoms with van der Waals surface area (Å²) in [6.07, 6.45) is 3.00. The number of aryl methyl sites for hydroxylation is 1. The molecule has 214 valence electrons. The molecule has 0 aliphatic carbocycles. The minimum absolute atomic E-state index is 0.118. The number of aliphatic hydroxyl groups excluding tert-OH is 1. The van der Waals surface area contributed by atoms with Crippen molar-refractivity contribution in [2.75, 3.05) is 19.5 Å². The zero-order valence-electron chi connectivity index (χ0n) is 23.1. The van der Waals surface area contributed by atoms with E-state index >= 15 is 0 Å². The van der Waals surface area contributed by atoms with Gasteiger partial charge in [-0.1, -0.05) is 12.1 Å². The maximum atomic E-state index is 13.5. The number of anilines is 1. The van der Waals surface area contributed by atoms with E-state index in [0.29, 0.717) is 51.8 Å². The van der Waals surface area contributed by atoms with E-state index in [2.05, 4.69) is 15.3 Å². The van der Waals surface area contributed by atoms with Gasteiger partial charge >= 0.3 is 0 Å². The smallest absolute Gasteiger partial charge is 0.261 e.